The predicted molar refractivity (Wildman–Crippen MR) is 124 cm³/mol. The van der Waals surface area contributed by atoms with E-state index in [0.717, 1.165) is 6.42 Å². The topological polar surface area (TPSA) is 125 Å². The molecule has 2 atom stereocenters. The molecule has 0 aromatic rings. The molecule has 190 valence electrons. The second-order valence-electron chi connectivity index (χ2n) is 10.2. The Kier molecular flexibility index (Phi) is 12.2. The number of hydrogen-bond acceptors (Lipinski definition) is 7. The summed E-state index contributed by atoms with van der Waals surface area (Å²) >= 11 is 0. The van der Waals surface area contributed by atoms with E-state index in [4.69, 9.17) is 9.47 Å². The highest BCUT2D eigenvalue weighted by Crippen LogP contribution is 2.26. The molecule has 2 unspecified atom stereocenters. The van der Waals surface area contributed by atoms with Gasteiger partial charge in [-0.1, -0.05) is 27.2 Å². The standard InChI is InChI=1S/C24H42N2O7/c1-23(2,3)15-18(16-27)33-19(17-28)24(4,5)32-14-12-25-20(29)9-7-6-8-13-26-21(30)10-11-22(26)31/h10-11,18-19,27-28H,6-9,12-17H2,1-5H3,(H,25,29). The third kappa shape index (κ3) is 11.2. The number of aliphatic hydroxyl groups is 2. The van der Waals surface area contributed by atoms with Crippen LogP contribution in [0.5, 0.6) is 0 Å². The summed E-state index contributed by atoms with van der Waals surface area (Å²) < 4.78 is 11.8. The van der Waals surface area contributed by atoms with Crippen LogP contribution in [0.4, 0.5) is 0 Å². The molecule has 0 aliphatic carbocycles. The highest BCUT2D eigenvalue weighted by atomic mass is 16.6. The number of ether oxygens (including phenoxy) is 2. The van der Waals surface area contributed by atoms with Gasteiger partial charge in [0.1, 0.15) is 6.10 Å². The van der Waals surface area contributed by atoms with Gasteiger partial charge in [0.15, 0.2) is 0 Å². The molecule has 0 bridgehead atoms. The summed E-state index contributed by atoms with van der Waals surface area (Å²) in [6.07, 6.45) is 4.60. The summed E-state index contributed by atoms with van der Waals surface area (Å²) in [5, 5.41) is 22.2. The van der Waals surface area contributed by atoms with E-state index in [0.29, 0.717) is 38.8 Å². The third-order valence-electron chi connectivity index (χ3n) is 5.43. The van der Waals surface area contributed by atoms with Gasteiger partial charge in [-0.05, 0) is 38.5 Å². The van der Waals surface area contributed by atoms with E-state index < -0.39 is 17.8 Å². The van der Waals surface area contributed by atoms with Crippen molar-refractivity contribution >= 4 is 17.7 Å². The van der Waals surface area contributed by atoms with E-state index in [1.807, 2.05) is 13.8 Å². The molecule has 3 N–H and O–H groups in total. The van der Waals surface area contributed by atoms with Gasteiger partial charge in [0.05, 0.1) is 31.5 Å². The normalized spacial score (nSPS) is 16.4. The highest BCUT2D eigenvalue weighted by Gasteiger charge is 2.34. The number of carbonyl (C=O) groups excluding carboxylic acids is 3. The van der Waals surface area contributed by atoms with E-state index in [2.05, 4.69) is 26.1 Å². The number of unbranched alkanes of at least 4 members (excludes halogenated alkanes) is 2. The molecule has 0 saturated carbocycles. The molecular weight excluding hydrogens is 428 g/mol. The molecule has 0 spiro atoms. The second kappa shape index (κ2) is 13.8. The Hall–Kier alpha value is -1.81. The van der Waals surface area contributed by atoms with Gasteiger partial charge in [0.2, 0.25) is 5.91 Å². The van der Waals surface area contributed by atoms with Gasteiger partial charge in [-0.25, -0.2) is 0 Å². The molecule has 0 fully saturated rings. The van der Waals surface area contributed by atoms with Crippen LogP contribution in [0.1, 0.15) is 66.7 Å². The quantitative estimate of drug-likeness (QED) is 0.231. The lowest BCUT2D eigenvalue weighted by molar-refractivity contribution is -0.172. The van der Waals surface area contributed by atoms with Gasteiger partial charge in [-0.3, -0.25) is 19.3 Å². The molecule has 0 aromatic carbocycles. The second-order valence-corrected chi connectivity index (χ2v) is 10.2. The van der Waals surface area contributed by atoms with E-state index >= 15 is 0 Å². The van der Waals surface area contributed by atoms with E-state index in [1.54, 1.807) is 0 Å². The fourth-order valence-electron chi connectivity index (χ4n) is 3.57. The number of nitrogens with zero attached hydrogens (tertiary/aromatic N) is 1. The Labute approximate surface area is 197 Å². The van der Waals surface area contributed by atoms with Crippen LogP contribution in [0.15, 0.2) is 12.2 Å². The van der Waals surface area contributed by atoms with Crippen molar-refractivity contribution in [3.63, 3.8) is 0 Å². The minimum Gasteiger partial charge on any atom is -0.394 e. The van der Waals surface area contributed by atoms with Crippen LogP contribution < -0.4 is 5.32 Å². The van der Waals surface area contributed by atoms with Crippen molar-refractivity contribution in [3.05, 3.63) is 12.2 Å². The molecule has 1 heterocycles. The largest absolute Gasteiger partial charge is 0.394 e. The Morgan fingerprint density at radius 2 is 1.67 bits per heavy atom. The van der Waals surface area contributed by atoms with Crippen molar-refractivity contribution < 1.29 is 34.1 Å². The van der Waals surface area contributed by atoms with Crippen LogP contribution in [-0.2, 0) is 23.9 Å². The van der Waals surface area contributed by atoms with Gasteiger partial charge in [0, 0.05) is 31.7 Å². The molecule has 3 amide bonds. The molecule has 33 heavy (non-hydrogen) atoms. The van der Waals surface area contributed by atoms with Crippen LogP contribution in [0.3, 0.4) is 0 Å². The van der Waals surface area contributed by atoms with E-state index in [9.17, 15) is 24.6 Å². The molecular formula is C24H42N2O7. The third-order valence-corrected chi connectivity index (χ3v) is 5.43. The maximum absolute atomic E-state index is 12.0. The monoisotopic (exact) mass is 470 g/mol. The molecule has 1 aliphatic rings. The van der Waals surface area contributed by atoms with Crippen molar-refractivity contribution in [3.8, 4) is 0 Å². The first-order valence-corrected chi connectivity index (χ1v) is 11.7. The Bertz CT molecular complexity index is 652. The number of imide groups is 1. The summed E-state index contributed by atoms with van der Waals surface area (Å²) in [6.45, 7) is 10.4. The average Bonchev–Trinajstić information content (AvgIpc) is 3.04. The summed E-state index contributed by atoms with van der Waals surface area (Å²) in [4.78, 5) is 36.1. The van der Waals surface area contributed by atoms with Crippen molar-refractivity contribution in [2.75, 3.05) is 32.9 Å². The zero-order chi connectivity index (χ0) is 25.1. The first kappa shape index (κ1) is 29.2. The van der Waals surface area contributed by atoms with Gasteiger partial charge in [0.25, 0.3) is 11.8 Å². The zero-order valence-corrected chi connectivity index (χ0v) is 20.8. The first-order chi connectivity index (χ1) is 15.4. The number of hydrogen-bond donors (Lipinski definition) is 3. The first-order valence-electron chi connectivity index (χ1n) is 11.7. The lowest BCUT2D eigenvalue weighted by Crippen LogP contribution is -2.47. The highest BCUT2D eigenvalue weighted by molar-refractivity contribution is 6.12. The Morgan fingerprint density at radius 1 is 1.03 bits per heavy atom. The SMILES string of the molecule is CC(C)(C)CC(CO)OC(CO)C(C)(C)OCCNC(=O)CCCCCN1C(=O)C=CC1=O. The summed E-state index contributed by atoms with van der Waals surface area (Å²) in [7, 11) is 0. The molecule has 9 nitrogen and oxygen atoms in total. The fraction of sp³-hybridized carbons (Fsp3) is 0.792. The minimum atomic E-state index is -0.802. The molecule has 1 aliphatic heterocycles. The van der Waals surface area contributed by atoms with Crippen LogP contribution >= 0.6 is 0 Å². The molecule has 1 rings (SSSR count). The lowest BCUT2D eigenvalue weighted by atomic mass is 9.89. The smallest absolute Gasteiger partial charge is 0.253 e. The van der Waals surface area contributed by atoms with Crippen molar-refractivity contribution in [1.29, 1.82) is 0 Å². The number of rotatable bonds is 16. The van der Waals surface area contributed by atoms with Crippen LogP contribution in [0.25, 0.3) is 0 Å². The maximum atomic E-state index is 12.0. The maximum Gasteiger partial charge on any atom is 0.253 e. The molecule has 0 aromatic heterocycles. The minimum absolute atomic E-state index is 0.0249. The molecule has 9 heteroatoms. The number of carbonyl (C=O) groups is 3. The molecule has 0 radical (unpaired) electrons. The van der Waals surface area contributed by atoms with Crippen LogP contribution in [-0.4, -0.2) is 83.6 Å². The van der Waals surface area contributed by atoms with Crippen molar-refractivity contribution in [2.24, 2.45) is 5.41 Å². The average molecular weight is 471 g/mol. The van der Waals surface area contributed by atoms with Gasteiger partial charge in [-0.2, -0.15) is 0 Å². The van der Waals surface area contributed by atoms with Gasteiger partial charge >= 0.3 is 0 Å². The van der Waals surface area contributed by atoms with Crippen molar-refractivity contribution in [1.82, 2.24) is 10.2 Å². The lowest BCUT2D eigenvalue weighted by Gasteiger charge is -2.36. The Balaban J connectivity index is 2.24. The van der Waals surface area contributed by atoms with Gasteiger partial charge in [-0.15, -0.1) is 0 Å². The number of amides is 3. The van der Waals surface area contributed by atoms with Crippen LogP contribution in [0.2, 0.25) is 0 Å². The van der Waals surface area contributed by atoms with E-state index in [1.165, 1.54) is 17.1 Å². The predicted octanol–water partition coefficient (Wildman–Crippen LogP) is 1.56. The fourth-order valence-corrected chi connectivity index (χ4v) is 3.57. The molecule has 0 saturated heterocycles. The zero-order valence-electron chi connectivity index (χ0n) is 20.8. The van der Waals surface area contributed by atoms with Crippen LogP contribution in [0, 0.1) is 5.41 Å². The summed E-state index contributed by atoms with van der Waals surface area (Å²) in [5.41, 5.74) is -0.826. The summed E-state index contributed by atoms with van der Waals surface area (Å²) in [5.74, 6) is -0.655. The summed E-state index contributed by atoms with van der Waals surface area (Å²) in [6, 6.07) is 0. The van der Waals surface area contributed by atoms with Crippen molar-refractivity contribution in [2.45, 2.75) is 84.5 Å². The number of nitrogens with one attached hydrogen (secondary N) is 1. The Morgan fingerprint density at radius 3 is 2.21 bits per heavy atom. The van der Waals surface area contributed by atoms with E-state index in [-0.39, 0.29) is 43.0 Å². The van der Waals surface area contributed by atoms with Gasteiger partial charge < -0.3 is 25.0 Å². The number of aliphatic hydroxyl groups excluding tert-OH is 2.